The normalized spacial score (nSPS) is 18.3. The van der Waals surface area contributed by atoms with Gasteiger partial charge in [0.2, 0.25) is 0 Å². The van der Waals surface area contributed by atoms with Crippen molar-refractivity contribution < 1.29 is 18.7 Å². The van der Waals surface area contributed by atoms with Gasteiger partial charge in [0, 0.05) is 12.3 Å². The molecule has 1 fully saturated rings. The molecule has 0 radical (unpaired) electrons. The Hall–Kier alpha value is -1.81. The summed E-state index contributed by atoms with van der Waals surface area (Å²) in [6.07, 6.45) is 0.239. The van der Waals surface area contributed by atoms with Crippen LogP contribution in [0, 0.1) is 0 Å². The van der Waals surface area contributed by atoms with Crippen molar-refractivity contribution in [2.75, 3.05) is 13.2 Å². The minimum Gasteiger partial charge on any atom is -0.491 e. The molecule has 0 aliphatic carbocycles. The van der Waals surface area contributed by atoms with Gasteiger partial charge in [0.05, 0.1) is 6.61 Å². The summed E-state index contributed by atoms with van der Waals surface area (Å²) in [5.41, 5.74) is 0.699. The molecule has 3 rings (SSSR count). The molecule has 1 saturated heterocycles. The summed E-state index contributed by atoms with van der Waals surface area (Å²) in [6.45, 7) is 2.84. The quantitative estimate of drug-likeness (QED) is 0.600. The van der Waals surface area contributed by atoms with E-state index in [1.165, 1.54) is 6.92 Å². The molecule has 1 aromatic heterocycles. The molecule has 2 heterocycles. The Labute approximate surface area is 98.1 Å². The second-order valence-corrected chi connectivity index (χ2v) is 4.13. The first-order chi connectivity index (χ1) is 8.22. The van der Waals surface area contributed by atoms with Crippen molar-refractivity contribution in [1.29, 1.82) is 0 Å². The Kier molecular flexibility index (Phi) is 2.37. The molecule has 0 amide bonds. The van der Waals surface area contributed by atoms with Crippen molar-refractivity contribution in [3.05, 3.63) is 30.0 Å². The predicted octanol–water partition coefficient (Wildman–Crippen LogP) is 2.41. The highest BCUT2D eigenvalue weighted by molar-refractivity contribution is 5.96. The van der Waals surface area contributed by atoms with Gasteiger partial charge in [0.25, 0.3) is 0 Å². The van der Waals surface area contributed by atoms with E-state index in [1.807, 2.05) is 18.2 Å². The summed E-state index contributed by atoms with van der Waals surface area (Å²) in [4.78, 5) is 11.2. The van der Waals surface area contributed by atoms with E-state index in [0.717, 1.165) is 17.7 Å². The molecule has 4 nitrogen and oxygen atoms in total. The fourth-order valence-electron chi connectivity index (χ4n) is 1.64. The van der Waals surface area contributed by atoms with Gasteiger partial charge in [-0.15, -0.1) is 0 Å². The summed E-state index contributed by atoms with van der Waals surface area (Å²) in [6, 6.07) is 7.24. The van der Waals surface area contributed by atoms with Crippen molar-refractivity contribution >= 4 is 16.8 Å². The first-order valence-corrected chi connectivity index (χ1v) is 5.51. The lowest BCUT2D eigenvalue weighted by Crippen LogP contribution is -2.03. The van der Waals surface area contributed by atoms with Crippen LogP contribution in [0.3, 0.4) is 0 Å². The Balaban J connectivity index is 1.86. The van der Waals surface area contributed by atoms with Gasteiger partial charge in [-0.1, -0.05) is 0 Å². The molecule has 1 atom stereocenters. The molecular weight excluding hydrogens is 220 g/mol. The molecule has 1 aromatic carbocycles. The standard InChI is InChI=1S/C13H12O4/c1-8(14)13-5-9-4-10(2-3-12(9)17-13)15-6-11-7-16-11/h2-5,11H,6-7H2,1H3. The minimum atomic E-state index is -0.0740. The van der Waals surface area contributed by atoms with Crippen LogP contribution in [0.1, 0.15) is 17.5 Å². The monoisotopic (exact) mass is 232 g/mol. The third kappa shape index (κ3) is 2.17. The van der Waals surface area contributed by atoms with Gasteiger partial charge in [-0.3, -0.25) is 4.79 Å². The number of ketones is 1. The van der Waals surface area contributed by atoms with E-state index in [2.05, 4.69) is 0 Å². The summed E-state index contributed by atoms with van der Waals surface area (Å²) < 4.78 is 16.0. The third-order valence-corrected chi connectivity index (χ3v) is 2.67. The van der Waals surface area contributed by atoms with Gasteiger partial charge < -0.3 is 13.9 Å². The second kappa shape index (κ2) is 3.89. The van der Waals surface area contributed by atoms with Crippen LogP contribution in [0.15, 0.2) is 28.7 Å². The average Bonchev–Trinajstić information content (AvgIpc) is 3.03. The number of benzene rings is 1. The van der Waals surface area contributed by atoms with Crippen molar-refractivity contribution in [2.45, 2.75) is 13.0 Å². The Morgan fingerprint density at radius 2 is 2.29 bits per heavy atom. The molecule has 2 aromatic rings. The first-order valence-electron chi connectivity index (χ1n) is 5.51. The average molecular weight is 232 g/mol. The maximum absolute atomic E-state index is 11.2. The number of rotatable bonds is 4. The maximum Gasteiger partial charge on any atom is 0.194 e. The lowest BCUT2D eigenvalue weighted by molar-refractivity contribution is 0.0989. The SMILES string of the molecule is CC(=O)c1cc2cc(OCC3CO3)ccc2o1. The Bertz CT molecular complexity index is 566. The Morgan fingerprint density at radius 1 is 1.47 bits per heavy atom. The van der Waals surface area contributed by atoms with E-state index >= 15 is 0 Å². The van der Waals surface area contributed by atoms with Crippen LogP contribution in [-0.4, -0.2) is 25.1 Å². The number of epoxide rings is 1. The molecule has 0 spiro atoms. The lowest BCUT2D eigenvalue weighted by Gasteiger charge is -2.02. The van der Waals surface area contributed by atoms with Gasteiger partial charge in [-0.05, 0) is 24.3 Å². The number of hydrogen-bond donors (Lipinski definition) is 0. The van der Waals surface area contributed by atoms with E-state index in [1.54, 1.807) is 6.07 Å². The molecule has 1 unspecified atom stereocenters. The van der Waals surface area contributed by atoms with Crippen molar-refractivity contribution in [3.8, 4) is 5.75 Å². The highest BCUT2D eigenvalue weighted by Gasteiger charge is 2.23. The predicted molar refractivity (Wildman–Crippen MR) is 61.5 cm³/mol. The molecule has 0 saturated carbocycles. The van der Waals surface area contributed by atoms with Gasteiger partial charge >= 0.3 is 0 Å². The third-order valence-electron chi connectivity index (χ3n) is 2.67. The molecule has 88 valence electrons. The van der Waals surface area contributed by atoms with Crippen molar-refractivity contribution in [3.63, 3.8) is 0 Å². The second-order valence-electron chi connectivity index (χ2n) is 4.13. The number of Topliss-reactive ketones (excluding diaryl/α,β-unsaturated/α-hetero) is 1. The topological polar surface area (TPSA) is 52.0 Å². The van der Waals surface area contributed by atoms with E-state index in [9.17, 15) is 4.79 Å². The fraction of sp³-hybridized carbons (Fsp3) is 0.308. The number of fused-ring (bicyclic) bond motifs is 1. The zero-order chi connectivity index (χ0) is 11.8. The number of ether oxygens (including phenoxy) is 2. The number of furan rings is 1. The van der Waals surface area contributed by atoms with Crippen LogP contribution >= 0.6 is 0 Å². The molecule has 0 bridgehead atoms. The number of hydrogen-bond acceptors (Lipinski definition) is 4. The zero-order valence-electron chi connectivity index (χ0n) is 9.43. The highest BCUT2D eigenvalue weighted by atomic mass is 16.6. The van der Waals surface area contributed by atoms with Crippen molar-refractivity contribution in [1.82, 2.24) is 0 Å². The molecule has 4 heteroatoms. The van der Waals surface area contributed by atoms with E-state index in [0.29, 0.717) is 18.0 Å². The van der Waals surface area contributed by atoms with Crippen LogP contribution in [0.2, 0.25) is 0 Å². The number of carbonyl (C=O) groups is 1. The maximum atomic E-state index is 11.2. The largest absolute Gasteiger partial charge is 0.491 e. The molecule has 1 aliphatic rings. The van der Waals surface area contributed by atoms with Crippen LogP contribution in [-0.2, 0) is 4.74 Å². The Morgan fingerprint density at radius 3 is 3.00 bits per heavy atom. The smallest absolute Gasteiger partial charge is 0.194 e. The van der Waals surface area contributed by atoms with Crippen LogP contribution in [0.25, 0.3) is 11.0 Å². The molecule has 17 heavy (non-hydrogen) atoms. The van der Waals surface area contributed by atoms with Crippen molar-refractivity contribution in [2.24, 2.45) is 0 Å². The van der Waals surface area contributed by atoms with Gasteiger partial charge in [0.15, 0.2) is 11.5 Å². The zero-order valence-corrected chi connectivity index (χ0v) is 9.43. The molecule has 0 N–H and O–H groups in total. The van der Waals surface area contributed by atoms with Gasteiger partial charge in [-0.25, -0.2) is 0 Å². The summed E-state index contributed by atoms with van der Waals surface area (Å²) in [7, 11) is 0. The number of carbonyl (C=O) groups excluding carboxylic acids is 1. The highest BCUT2D eigenvalue weighted by Crippen LogP contribution is 2.25. The van der Waals surface area contributed by atoms with Gasteiger partial charge in [-0.2, -0.15) is 0 Å². The lowest BCUT2D eigenvalue weighted by atomic mass is 10.2. The van der Waals surface area contributed by atoms with Crippen LogP contribution < -0.4 is 4.74 Å². The summed E-state index contributed by atoms with van der Waals surface area (Å²) >= 11 is 0. The molecular formula is C13H12O4. The first kappa shape index (κ1) is 10.4. The van der Waals surface area contributed by atoms with Gasteiger partial charge in [0.1, 0.15) is 24.0 Å². The summed E-state index contributed by atoms with van der Waals surface area (Å²) in [5, 5.41) is 0.879. The van der Waals surface area contributed by atoms with Crippen LogP contribution in [0.4, 0.5) is 0 Å². The van der Waals surface area contributed by atoms with E-state index in [4.69, 9.17) is 13.9 Å². The summed E-state index contributed by atoms with van der Waals surface area (Å²) in [5.74, 6) is 1.07. The van der Waals surface area contributed by atoms with E-state index in [-0.39, 0.29) is 11.9 Å². The minimum absolute atomic E-state index is 0.0740. The van der Waals surface area contributed by atoms with Crippen LogP contribution in [0.5, 0.6) is 5.75 Å². The van der Waals surface area contributed by atoms with E-state index < -0.39 is 0 Å². The fourth-order valence-corrected chi connectivity index (χ4v) is 1.64. The molecule has 1 aliphatic heterocycles.